The summed E-state index contributed by atoms with van der Waals surface area (Å²) in [5, 5.41) is 6.54. The molecule has 0 saturated carbocycles. The Kier molecular flexibility index (Phi) is 12.7. The number of thioether (sulfide) groups is 1. The molecule has 1 aromatic rings. The third-order valence-corrected chi connectivity index (χ3v) is 3.92. The fourth-order valence-corrected chi connectivity index (χ4v) is 2.54. The summed E-state index contributed by atoms with van der Waals surface area (Å²) in [6, 6.07) is 3.70. The van der Waals surface area contributed by atoms with Crippen molar-refractivity contribution in [3.8, 4) is 17.2 Å². The van der Waals surface area contributed by atoms with Crippen LogP contribution in [0.4, 0.5) is 5.69 Å². The molecule has 8 heteroatoms. The number of hydrogen-bond acceptors (Lipinski definition) is 5. The van der Waals surface area contributed by atoms with Crippen LogP contribution in [0.15, 0.2) is 17.1 Å². The van der Waals surface area contributed by atoms with Crippen molar-refractivity contribution >= 4 is 47.4 Å². The monoisotopic (exact) mass is 469 g/mol. The van der Waals surface area contributed by atoms with Crippen molar-refractivity contribution in [2.75, 3.05) is 52.2 Å². The minimum atomic E-state index is 0. The Balaban J connectivity index is 0.00000529. The topological polar surface area (TPSA) is 64.1 Å². The third-order valence-electron chi connectivity index (χ3n) is 3.22. The van der Waals surface area contributed by atoms with E-state index in [1.165, 1.54) is 12.2 Å². The normalized spacial score (nSPS) is 10.6. The van der Waals surface area contributed by atoms with Crippen LogP contribution in [0.1, 0.15) is 12.8 Å². The van der Waals surface area contributed by atoms with Gasteiger partial charge in [0.15, 0.2) is 17.5 Å². The van der Waals surface area contributed by atoms with Crippen LogP contribution in [-0.4, -0.2) is 52.9 Å². The summed E-state index contributed by atoms with van der Waals surface area (Å²) in [6.07, 6.45) is 4.42. The molecule has 0 aliphatic heterocycles. The second-order valence-electron chi connectivity index (χ2n) is 4.74. The molecule has 0 saturated heterocycles. The number of halogens is 1. The molecule has 0 unspecified atom stereocenters. The Morgan fingerprint density at radius 3 is 2.17 bits per heavy atom. The van der Waals surface area contributed by atoms with Gasteiger partial charge < -0.3 is 24.8 Å². The summed E-state index contributed by atoms with van der Waals surface area (Å²) < 4.78 is 16.0. The summed E-state index contributed by atoms with van der Waals surface area (Å²) in [5.41, 5.74) is 0.816. The number of nitrogens with zero attached hydrogens (tertiary/aromatic N) is 1. The first-order valence-electron chi connectivity index (χ1n) is 7.46. The van der Waals surface area contributed by atoms with Gasteiger partial charge in [-0.1, -0.05) is 0 Å². The summed E-state index contributed by atoms with van der Waals surface area (Å²) >= 11 is 1.87. The molecule has 1 aromatic carbocycles. The van der Waals surface area contributed by atoms with Gasteiger partial charge in [0, 0.05) is 31.4 Å². The molecule has 6 nitrogen and oxygen atoms in total. The number of methoxy groups -OCH3 is 3. The van der Waals surface area contributed by atoms with E-state index in [9.17, 15) is 0 Å². The molecule has 138 valence electrons. The Morgan fingerprint density at radius 2 is 1.71 bits per heavy atom. The van der Waals surface area contributed by atoms with Crippen LogP contribution in [0.2, 0.25) is 0 Å². The molecule has 0 radical (unpaired) electrons. The molecule has 0 atom stereocenters. The lowest BCUT2D eigenvalue weighted by Gasteiger charge is -2.16. The quantitative estimate of drug-likeness (QED) is 0.250. The van der Waals surface area contributed by atoms with Crippen LogP contribution in [0.25, 0.3) is 0 Å². The van der Waals surface area contributed by atoms with Crippen LogP contribution in [0.3, 0.4) is 0 Å². The zero-order chi connectivity index (χ0) is 17.1. The lowest BCUT2D eigenvalue weighted by Crippen LogP contribution is -2.31. The van der Waals surface area contributed by atoms with E-state index >= 15 is 0 Å². The molecule has 24 heavy (non-hydrogen) atoms. The van der Waals surface area contributed by atoms with Gasteiger partial charge in [-0.2, -0.15) is 11.8 Å². The molecule has 0 amide bonds. The zero-order valence-electron chi connectivity index (χ0n) is 15.0. The van der Waals surface area contributed by atoms with Gasteiger partial charge in [0.1, 0.15) is 0 Å². The maximum Gasteiger partial charge on any atom is 0.203 e. The smallest absolute Gasteiger partial charge is 0.203 e. The SMILES string of the molecule is CN=C(NCCCCSC)Nc1cc(OC)c(OC)c(OC)c1.I. The van der Waals surface area contributed by atoms with Crippen molar-refractivity contribution in [2.45, 2.75) is 12.8 Å². The molecule has 2 N–H and O–H groups in total. The number of anilines is 1. The minimum absolute atomic E-state index is 0. The lowest BCUT2D eigenvalue weighted by molar-refractivity contribution is 0.324. The number of benzene rings is 1. The van der Waals surface area contributed by atoms with Crippen molar-refractivity contribution < 1.29 is 14.2 Å². The van der Waals surface area contributed by atoms with E-state index < -0.39 is 0 Å². The van der Waals surface area contributed by atoms with Gasteiger partial charge in [-0.15, -0.1) is 24.0 Å². The van der Waals surface area contributed by atoms with E-state index in [-0.39, 0.29) is 24.0 Å². The maximum atomic E-state index is 5.35. The highest BCUT2D eigenvalue weighted by molar-refractivity contribution is 14.0. The van der Waals surface area contributed by atoms with E-state index in [2.05, 4.69) is 21.9 Å². The van der Waals surface area contributed by atoms with Gasteiger partial charge in [-0.25, -0.2) is 0 Å². The highest BCUT2D eigenvalue weighted by Crippen LogP contribution is 2.39. The summed E-state index contributed by atoms with van der Waals surface area (Å²) in [5.74, 6) is 3.67. The van der Waals surface area contributed by atoms with E-state index in [0.717, 1.165) is 18.7 Å². The summed E-state index contributed by atoms with van der Waals surface area (Å²) in [6.45, 7) is 0.880. The number of unbranched alkanes of at least 4 members (excludes halogenated alkanes) is 1. The van der Waals surface area contributed by atoms with Gasteiger partial charge in [-0.3, -0.25) is 4.99 Å². The second-order valence-corrected chi connectivity index (χ2v) is 5.72. The van der Waals surface area contributed by atoms with Crippen molar-refractivity contribution in [3.63, 3.8) is 0 Å². The van der Waals surface area contributed by atoms with Crippen molar-refractivity contribution in [1.29, 1.82) is 0 Å². The van der Waals surface area contributed by atoms with Gasteiger partial charge in [0.05, 0.1) is 21.3 Å². The second kappa shape index (κ2) is 13.3. The first-order valence-corrected chi connectivity index (χ1v) is 8.86. The molecular formula is C16H28IN3O3S. The largest absolute Gasteiger partial charge is 0.493 e. The fraction of sp³-hybridized carbons (Fsp3) is 0.562. The van der Waals surface area contributed by atoms with Crippen molar-refractivity contribution in [2.24, 2.45) is 4.99 Å². The van der Waals surface area contributed by atoms with Crippen LogP contribution in [0.5, 0.6) is 17.2 Å². The molecule has 0 fully saturated rings. The highest BCUT2D eigenvalue weighted by atomic mass is 127. The molecule has 0 heterocycles. The first-order chi connectivity index (χ1) is 11.2. The third kappa shape index (κ3) is 7.25. The summed E-state index contributed by atoms with van der Waals surface area (Å²) in [4.78, 5) is 4.23. The highest BCUT2D eigenvalue weighted by Gasteiger charge is 2.13. The fourth-order valence-electron chi connectivity index (χ4n) is 2.05. The van der Waals surface area contributed by atoms with Gasteiger partial charge >= 0.3 is 0 Å². The van der Waals surface area contributed by atoms with Crippen molar-refractivity contribution in [1.82, 2.24) is 5.32 Å². The predicted octanol–water partition coefficient (Wildman–Crippen LogP) is 3.46. The van der Waals surface area contributed by atoms with E-state index in [4.69, 9.17) is 14.2 Å². The Hall–Kier alpha value is -1.03. The van der Waals surface area contributed by atoms with Crippen molar-refractivity contribution in [3.05, 3.63) is 12.1 Å². The number of aliphatic imine (C=N–C) groups is 1. The van der Waals surface area contributed by atoms with Gasteiger partial charge in [0.25, 0.3) is 0 Å². The predicted molar refractivity (Wildman–Crippen MR) is 114 cm³/mol. The molecule has 0 bridgehead atoms. The minimum Gasteiger partial charge on any atom is -0.493 e. The van der Waals surface area contributed by atoms with E-state index in [1.807, 2.05) is 23.9 Å². The number of rotatable bonds is 9. The molecule has 0 spiro atoms. The van der Waals surface area contributed by atoms with Crippen LogP contribution in [-0.2, 0) is 0 Å². The standard InChI is InChI=1S/C16H27N3O3S.HI/c1-17-16(18-8-6-7-9-23-5)19-12-10-13(20-2)15(22-4)14(11-12)21-3;/h10-11H,6-9H2,1-5H3,(H2,17,18,19);1H. The average molecular weight is 469 g/mol. The number of hydrogen-bond donors (Lipinski definition) is 2. The molecular weight excluding hydrogens is 441 g/mol. The maximum absolute atomic E-state index is 5.35. The van der Waals surface area contributed by atoms with Gasteiger partial charge in [0.2, 0.25) is 5.75 Å². The number of guanidine groups is 1. The van der Waals surface area contributed by atoms with Crippen LogP contribution >= 0.6 is 35.7 Å². The Morgan fingerprint density at radius 1 is 1.08 bits per heavy atom. The van der Waals surface area contributed by atoms with Crippen LogP contribution in [0, 0.1) is 0 Å². The van der Waals surface area contributed by atoms with Gasteiger partial charge in [-0.05, 0) is 24.9 Å². The first kappa shape index (κ1) is 23.0. The number of ether oxygens (including phenoxy) is 3. The van der Waals surface area contributed by atoms with E-state index in [1.54, 1.807) is 28.4 Å². The Bertz CT molecular complexity index is 490. The zero-order valence-corrected chi connectivity index (χ0v) is 18.1. The van der Waals surface area contributed by atoms with Crippen LogP contribution < -0.4 is 24.8 Å². The molecule has 0 aliphatic rings. The molecule has 1 rings (SSSR count). The Labute approximate surface area is 166 Å². The average Bonchev–Trinajstić information content (AvgIpc) is 2.59. The van der Waals surface area contributed by atoms with E-state index in [0.29, 0.717) is 23.2 Å². The molecule has 0 aliphatic carbocycles. The molecule has 0 aromatic heterocycles. The number of nitrogens with one attached hydrogen (secondary N) is 2. The summed E-state index contributed by atoms with van der Waals surface area (Å²) in [7, 11) is 6.53. The lowest BCUT2D eigenvalue weighted by atomic mass is 10.2.